The summed E-state index contributed by atoms with van der Waals surface area (Å²) in [6.45, 7) is 8.33. The van der Waals surface area contributed by atoms with Crippen LogP contribution in [-0.2, 0) is 11.3 Å². The summed E-state index contributed by atoms with van der Waals surface area (Å²) in [4.78, 5) is 2.09. The summed E-state index contributed by atoms with van der Waals surface area (Å²) < 4.78 is 19.1. The van der Waals surface area contributed by atoms with Crippen LogP contribution in [0.5, 0.6) is 0 Å². The highest BCUT2D eigenvalue weighted by atomic mass is 19.1. The van der Waals surface area contributed by atoms with Gasteiger partial charge >= 0.3 is 0 Å². The van der Waals surface area contributed by atoms with Crippen LogP contribution in [0.1, 0.15) is 32.8 Å². The van der Waals surface area contributed by atoms with Gasteiger partial charge in [0.1, 0.15) is 5.82 Å². The van der Waals surface area contributed by atoms with E-state index in [1.54, 1.807) is 13.2 Å². The number of nitrogens with one attached hydrogen (secondary N) is 1. The molecular formula is C16H27FN2O. The van der Waals surface area contributed by atoms with E-state index in [1.807, 2.05) is 13.1 Å². The van der Waals surface area contributed by atoms with Gasteiger partial charge in [0, 0.05) is 50.6 Å². The van der Waals surface area contributed by atoms with Crippen molar-refractivity contribution in [3.05, 3.63) is 29.6 Å². The second kappa shape index (κ2) is 7.60. The number of anilines is 1. The molecule has 0 aromatic heterocycles. The molecule has 0 saturated heterocycles. The molecule has 1 rings (SSSR count). The maximum atomic E-state index is 14.1. The maximum absolute atomic E-state index is 14.1. The van der Waals surface area contributed by atoms with Crippen molar-refractivity contribution in [2.75, 3.05) is 32.2 Å². The molecular weight excluding hydrogens is 255 g/mol. The molecule has 0 spiro atoms. The van der Waals surface area contributed by atoms with Crippen LogP contribution in [0.15, 0.2) is 18.2 Å². The van der Waals surface area contributed by atoms with Crippen molar-refractivity contribution in [2.45, 2.75) is 39.3 Å². The second-order valence-electron chi connectivity index (χ2n) is 6.11. The van der Waals surface area contributed by atoms with E-state index in [0.717, 1.165) is 30.8 Å². The van der Waals surface area contributed by atoms with Crippen LogP contribution in [0.2, 0.25) is 0 Å². The summed E-state index contributed by atoms with van der Waals surface area (Å²) in [6, 6.07) is 5.25. The quantitative estimate of drug-likeness (QED) is 0.777. The number of ether oxygens (including phenoxy) is 1. The van der Waals surface area contributed by atoms with Gasteiger partial charge in [-0.1, -0.05) is 6.07 Å². The normalized spacial score (nSPS) is 11.7. The van der Waals surface area contributed by atoms with E-state index >= 15 is 0 Å². The van der Waals surface area contributed by atoms with Gasteiger partial charge in [-0.15, -0.1) is 0 Å². The number of hydrogen-bond donors (Lipinski definition) is 1. The Bertz CT molecular complexity index is 415. The number of methoxy groups -OCH3 is 1. The molecule has 0 heterocycles. The topological polar surface area (TPSA) is 24.5 Å². The highest BCUT2D eigenvalue weighted by Crippen LogP contribution is 2.23. The standard InChI is InChI=1S/C16H27FN2O/c1-16(2,3)18-12-13-14(17)8-6-9-15(13)19(4)10-7-11-20-5/h6,8-9,18H,7,10-12H2,1-5H3. The third-order valence-corrected chi connectivity index (χ3v) is 3.14. The van der Waals surface area contributed by atoms with Gasteiger partial charge in [0.05, 0.1) is 0 Å². The van der Waals surface area contributed by atoms with Gasteiger partial charge in [0.15, 0.2) is 0 Å². The first-order chi connectivity index (χ1) is 9.35. The maximum Gasteiger partial charge on any atom is 0.129 e. The van der Waals surface area contributed by atoms with Crippen molar-refractivity contribution in [2.24, 2.45) is 0 Å². The van der Waals surface area contributed by atoms with Gasteiger partial charge in [0.2, 0.25) is 0 Å². The van der Waals surface area contributed by atoms with Crippen LogP contribution in [-0.4, -0.2) is 32.8 Å². The molecule has 1 N–H and O–H groups in total. The lowest BCUT2D eigenvalue weighted by atomic mass is 10.1. The van der Waals surface area contributed by atoms with E-state index in [0.29, 0.717) is 6.54 Å². The van der Waals surface area contributed by atoms with E-state index in [-0.39, 0.29) is 11.4 Å². The van der Waals surface area contributed by atoms with Gasteiger partial charge in [-0.3, -0.25) is 0 Å². The van der Waals surface area contributed by atoms with Crippen LogP contribution >= 0.6 is 0 Å². The molecule has 3 nitrogen and oxygen atoms in total. The van der Waals surface area contributed by atoms with Gasteiger partial charge in [0.25, 0.3) is 0 Å². The average Bonchev–Trinajstić information content (AvgIpc) is 2.36. The van der Waals surface area contributed by atoms with Crippen LogP contribution in [0, 0.1) is 5.82 Å². The molecule has 0 fully saturated rings. The van der Waals surface area contributed by atoms with Crippen LogP contribution in [0.4, 0.5) is 10.1 Å². The molecule has 1 aromatic rings. The summed E-state index contributed by atoms with van der Waals surface area (Å²) >= 11 is 0. The summed E-state index contributed by atoms with van der Waals surface area (Å²) in [7, 11) is 3.69. The van der Waals surface area contributed by atoms with Gasteiger partial charge in [-0.05, 0) is 39.3 Å². The minimum absolute atomic E-state index is 0.0336. The van der Waals surface area contributed by atoms with E-state index < -0.39 is 0 Å². The number of benzene rings is 1. The predicted octanol–water partition coefficient (Wildman–Crippen LogP) is 3.19. The van der Waals surface area contributed by atoms with Crippen molar-refractivity contribution in [3.8, 4) is 0 Å². The fourth-order valence-corrected chi connectivity index (χ4v) is 2.00. The lowest BCUT2D eigenvalue weighted by molar-refractivity contribution is 0.196. The minimum atomic E-state index is -0.155. The first kappa shape index (κ1) is 16.9. The first-order valence-corrected chi connectivity index (χ1v) is 7.07. The number of nitrogens with zero attached hydrogens (tertiary/aromatic N) is 1. The van der Waals surface area contributed by atoms with E-state index in [4.69, 9.17) is 4.74 Å². The number of halogens is 1. The first-order valence-electron chi connectivity index (χ1n) is 7.07. The number of hydrogen-bond acceptors (Lipinski definition) is 3. The molecule has 0 amide bonds. The Hall–Kier alpha value is -1.13. The Balaban J connectivity index is 2.81. The molecule has 0 aliphatic carbocycles. The Morgan fingerprint density at radius 1 is 1.30 bits per heavy atom. The minimum Gasteiger partial charge on any atom is -0.385 e. The third kappa shape index (κ3) is 5.47. The summed E-state index contributed by atoms with van der Waals surface area (Å²) in [5.41, 5.74) is 1.63. The van der Waals surface area contributed by atoms with Crippen molar-refractivity contribution in [1.29, 1.82) is 0 Å². The highest BCUT2D eigenvalue weighted by Gasteiger charge is 2.15. The third-order valence-electron chi connectivity index (χ3n) is 3.14. The molecule has 20 heavy (non-hydrogen) atoms. The smallest absolute Gasteiger partial charge is 0.129 e. The highest BCUT2D eigenvalue weighted by molar-refractivity contribution is 5.53. The monoisotopic (exact) mass is 282 g/mol. The van der Waals surface area contributed by atoms with Gasteiger partial charge in [-0.2, -0.15) is 0 Å². The van der Waals surface area contributed by atoms with Crippen molar-refractivity contribution in [1.82, 2.24) is 5.32 Å². The molecule has 0 atom stereocenters. The Morgan fingerprint density at radius 3 is 2.60 bits per heavy atom. The van der Waals surface area contributed by atoms with Crippen molar-refractivity contribution < 1.29 is 9.13 Å². The van der Waals surface area contributed by atoms with Crippen LogP contribution < -0.4 is 10.2 Å². The zero-order valence-electron chi connectivity index (χ0n) is 13.3. The molecule has 0 saturated carbocycles. The van der Waals surface area contributed by atoms with E-state index in [1.165, 1.54) is 6.07 Å². The lowest BCUT2D eigenvalue weighted by Crippen LogP contribution is -2.36. The molecule has 114 valence electrons. The Kier molecular flexibility index (Phi) is 6.43. The molecule has 0 aliphatic rings. The van der Waals surface area contributed by atoms with Gasteiger partial charge in [-0.25, -0.2) is 4.39 Å². The summed E-state index contributed by atoms with van der Waals surface area (Å²) in [5, 5.41) is 3.35. The number of rotatable bonds is 7. The van der Waals surface area contributed by atoms with Crippen molar-refractivity contribution in [3.63, 3.8) is 0 Å². The second-order valence-corrected chi connectivity index (χ2v) is 6.11. The zero-order chi connectivity index (χ0) is 15.2. The molecule has 0 radical (unpaired) electrons. The fourth-order valence-electron chi connectivity index (χ4n) is 2.00. The van der Waals surface area contributed by atoms with Crippen LogP contribution in [0.3, 0.4) is 0 Å². The molecule has 0 bridgehead atoms. The van der Waals surface area contributed by atoms with E-state index in [9.17, 15) is 4.39 Å². The summed E-state index contributed by atoms with van der Waals surface area (Å²) in [5.74, 6) is -0.155. The molecule has 4 heteroatoms. The fraction of sp³-hybridized carbons (Fsp3) is 0.625. The SMILES string of the molecule is COCCCN(C)c1cccc(F)c1CNC(C)(C)C. The lowest BCUT2D eigenvalue weighted by Gasteiger charge is -2.26. The Labute approximate surface area is 122 Å². The Morgan fingerprint density at radius 2 is 2.00 bits per heavy atom. The average molecular weight is 282 g/mol. The molecule has 0 unspecified atom stereocenters. The van der Waals surface area contributed by atoms with Crippen molar-refractivity contribution >= 4 is 5.69 Å². The summed E-state index contributed by atoms with van der Waals surface area (Å²) in [6.07, 6.45) is 0.926. The predicted molar refractivity (Wildman–Crippen MR) is 82.8 cm³/mol. The van der Waals surface area contributed by atoms with E-state index in [2.05, 4.69) is 31.0 Å². The molecule has 1 aromatic carbocycles. The zero-order valence-corrected chi connectivity index (χ0v) is 13.3. The largest absolute Gasteiger partial charge is 0.385 e. The molecule has 0 aliphatic heterocycles. The van der Waals surface area contributed by atoms with Gasteiger partial charge < -0.3 is 15.0 Å². The van der Waals surface area contributed by atoms with Crippen LogP contribution in [0.25, 0.3) is 0 Å².